The van der Waals surface area contributed by atoms with Crippen LogP contribution in [0, 0.1) is 6.92 Å². The number of nitrogens with one attached hydrogen (secondary N) is 1. The van der Waals surface area contributed by atoms with Crippen LogP contribution in [-0.2, 0) is 0 Å². The largest absolute Gasteiger partial charge is 0.382 e. The molecule has 0 heterocycles. The molecule has 0 aliphatic rings. The van der Waals surface area contributed by atoms with E-state index in [0.717, 1.165) is 5.75 Å². The van der Waals surface area contributed by atoms with Crippen molar-refractivity contribution in [1.82, 2.24) is 0 Å². The predicted octanol–water partition coefficient (Wildman–Crippen LogP) is 4.33. The second-order valence-electron chi connectivity index (χ2n) is 5.28. The lowest BCUT2D eigenvalue weighted by Gasteiger charge is -2.22. The molecule has 1 N–H and O–H groups in total. The molecule has 0 spiro atoms. The molecule has 1 unspecified atom stereocenters. The third-order valence-corrected chi connectivity index (χ3v) is 3.85. The maximum Gasteiger partial charge on any atom is 0.0372 e. The summed E-state index contributed by atoms with van der Waals surface area (Å²) in [6.07, 6.45) is 0. The second-order valence-corrected chi connectivity index (χ2v) is 7.13. The van der Waals surface area contributed by atoms with Crippen molar-refractivity contribution in [3.8, 4) is 0 Å². The van der Waals surface area contributed by atoms with Crippen molar-refractivity contribution in [3.05, 3.63) is 29.8 Å². The Morgan fingerprint density at radius 3 is 2.44 bits per heavy atom. The molecule has 16 heavy (non-hydrogen) atoms. The van der Waals surface area contributed by atoms with E-state index in [-0.39, 0.29) is 0 Å². The number of hydrogen-bond acceptors (Lipinski definition) is 2. The SMILES string of the molecule is Cc1ccccc1NC(C)CSC(C)(C)C. The Morgan fingerprint density at radius 2 is 1.88 bits per heavy atom. The zero-order valence-corrected chi connectivity index (χ0v) is 11.8. The third-order valence-electron chi connectivity index (χ3n) is 2.31. The van der Waals surface area contributed by atoms with Crippen LogP contribution in [0.2, 0.25) is 0 Å². The Bertz CT molecular complexity index is 328. The number of hydrogen-bond donors (Lipinski definition) is 1. The van der Waals surface area contributed by atoms with Crippen LogP contribution in [0.25, 0.3) is 0 Å². The summed E-state index contributed by atoms with van der Waals surface area (Å²) in [4.78, 5) is 0. The molecule has 0 aliphatic carbocycles. The highest BCUT2D eigenvalue weighted by Crippen LogP contribution is 2.25. The van der Waals surface area contributed by atoms with Gasteiger partial charge in [-0.2, -0.15) is 11.8 Å². The Hall–Kier alpha value is -0.630. The molecule has 0 saturated carbocycles. The van der Waals surface area contributed by atoms with Crippen LogP contribution in [-0.4, -0.2) is 16.5 Å². The summed E-state index contributed by atoms with van der Waals surface area (Å²) < 4.78 is 0.349. The maximum absolute atomic E-state index is 3.56. The van der Waals surface area contributed by atoms with Crippen molar-refractivity contribution in [3.63, 3.8) is 0 Å². The normalized spacial score (nSPS) is 13.6. The van der Waals surface area contributed by atoms with Gasteiger partial charge in [0.15, 0.2) is 0 Å². The van der Waals surface area contributed by atoms with Gasteiger partial charge in [0.2, 0.25) is 0 Å². The molecule has 0 radical (unpaired) electrons. The molecule has 1 aromatic rings. The first-order valence-corrected chi connectivity index (χ1v) is 6.83. The first-order valence-electron chi connectivity index (χ1n) is 5.84. The van der Waals surface area contributed by atoms with Crippen molar-refractivity contribution in [1.29, 1.82) is 0 Å². The molecule has 2 heteroatoms. The van der Waals surface area contributed by atoms with Gasteiger partial charge in [-0.05, 0) is 25.5 Å². The Morgan fingerprint density at radius 1 is 1.25 bits per heavy atom. The monoisotopic (exact) mass is 237 g/mol. The molecule has 90 valence electrons. The lowest BCUT2D eigenvalue weighted by molar-refractivity contribution is 0.793. The van der Waals surface area contributed by atoms with Crippen LogP contribution in [0.1, 0.15) is 33.3 Å². The van der Waals surface area contributed by atoms with Gasteiger partial charge in [0.25, 0.3) is 0 Å². The Balaban J connectivity index is 2.46. The maximum atomic E-state index is 3.56. The standard InChI is InChI=1S/C14H23NS/c1-11-8-6-7-9-13(11)15-12(2)10-16-14(3,4)5/h6-9,12,15H,10H2,1-5H3. The van der Waals surface area contributed by atoms with Gasteiger partial charge in [0, 0.05) is 22.2 Å². The highest BCUT2D eigenvalue weighted by Gasteiger charge is 2.13. The molecule has 1 nitrogen and oxygen atoms in total. The molecule has 0 fully saturated rings. The molecule has 0 saturated heterocycles. The average Bonchev–Trinajstić information content (AvgIpc) is 2.18. The van der Waals surface area contributed by atoms with Crippen LogP contribution in [0.15, 0.2) is 24.3 Å². The van der Waals surface area contributed by atoms with Gasteiger partial charge in [-0.3, -0.25) is 0 Å². The molecule has 0 amide bonds. The van der Waals surface area contributed by atoms with E-state index in [1.165, 1.54) is 11.3 Å². The minimum Gasteiger partial charge on any atom is -0.382 e. The first kappa shape index (κ1) is 13.4. The Labute approximate surface area is 104 Å². The van der Waals surface area contributed by atoms with Crippen LogP contribution >= 0.6 is 11.8 Å². The third kappa shape index (κ3) is 4.93. The number of para-hydroxylation sites is 1. The number of rotatable bonds is 4. The molecule has 1 rings (SSSR count). The zero-order chi connectivity index (χ0) is 12.2. The lowest BCUT2D eigenvalue weighted by atomic mass is 10.2. The average molecular weight is 237 g/mol. The van der Waals surface area contributed by atoms with Crippen LogP contribution in [0.3, 0.4) is 0 Å². The van der Waals surface area contributed by atoms with Gasteiger partial charge in [-0.25, -0.2) is 0 Å². The summed E-state index contributed by atoms with van der Waals surface area (Å²) in [6.45, 7) is 11.2. The van der Waals surface area contributed by atoms with E-state index in [1.807, 2.05) is 11.8 Å². The molecule has 0 aliphatic heterocycles. The van der Waals surface area contributed by atoms with Gasteiger partial charge in [0.1, 0.15) is 0 Å². The first-order chi connectivity index (χ1) is 7.38. The van der Waals surface area contributed by atoms with E-state index in [0.29, 0.717) is 10.8 Å². The summed E-state index contributed by atoms with van der Waals surface area (Å²) in [5.41, 5.74) is 2.57. The van der Waals surface area contributed by atoms with Crippen molar-refractivity contribution in [2.45, 2.75) is 45.4 Å². The number of benzene rings is 1. The summed E-state index contributed by atoms with van der Waals surface area (Å²) in [5.74, 6) is 1.14. The van der Waals surface area contributed by atoms with E-state index >= 15 is 0 Å². The Kier molecular flexibility index (Phi) is 4.72. The second kappa shape index (κ2) is 5.62. The summed E-state index contributed by atoms with van der Waals surface area (Å²) >= 11 is 2.00. The lowest BCUT2D eigenvalue weighted by Crippen LogP contribution is -2.22. The fourth-order valence-corrected chi connectivity index (χ4v) is 2.25. The van der Waals surface area contributed by atoms with E-state index in [9.17, 15) is 0 Å². The van der Waals surface area contributed by atoms with Gasteiger partial charge >= 0.3 is 0 Å². The van der Waals surface area contributed by atoms with Crippen molar-refractivity contribution >= 4 is 17.4 Å². The quantitative estimate of drug-likeness (QED) is 0.836. The topological polar surface area (TPSA) is 12.0 Å². The minimum absolute atomic E-state index is 0.349. The van der Waals surface area contributed by atoms with Gasteiger partial charge in [0.05, 0.1) is 0 Å². The highest BCUT2D eigenvalue weighted by atomic mass is 32.2. The fraction of sp³-hybridized carbons (Fsp3) is 0.571. The van der Waals surface area contributed by atoms with E-state index in [4.69, 9.17) is 0 Å². The fourth-order valence-electron chi connectivity index (χ4n) is 1.42. The van der Waals surface area contributed by atoms with E-state index < -0.39 is 0 Å². The molecule has 0 aromatic heterocycles. The van der Waals surface area contributed by atoms with Crippen LogP contribution in [0.4, 0.5) is 5.69 Å². The number of anilines is 1. The number of aryl methyl sites for hydroxylation is 1. The summed E-state index contributed by atoms with van der Waals surface area (Å²) in [5, 5.41) is 3.56. The zero-order valence-electron chi connectivity index (χ0n) is 11.0. The molecule has 1 aromatic carbocycles. The smallest absolute Gasteiger partial charge is 0.0372 e. The summed E-state index contributed by atoms with van der Waals surface area (Å²) in [7, 11) is 0. The van der Waals surface area contributed by atoms with E-state index in [2.05, 4.69) is 64.2 Å². The molecule has 0 bridgehead atoms. The van der Waals surface area contributed by atoms with E-state index in [1.54, 1.807) is 0 Å². The summed E-state index contributed by atoms with van der Waals surface area (Å²) in [6, 6.07) is 8.96. The molecular weight excluding hydrogens is 214 g/mol. The van der Waals surface area contributed by atoms with Gasteiger partial charge in [-0.1, -0.05) is 39.0 Å². The highest BCUT2D eigenvalue weighted by molar-refractivity contribution is 8.00. The van der Waals surface area contributed by atoms with Crippen molar-refractivity contribution < 1.29 is 0 Å². The van der Waals surface area contributed by atoms with Crippen molar-refractivity contribution in [2.75, 3.05) is 11.1 Å². The van der Waals surface area contributed by atoms with Crippen molar-refractivity contribution in [2.24, 2.45) is 0 Å². The minimum atomic E-state index is 0.349. The van der Waals surface area contributed by atoms with Gasteiger partial charge in [-0.15, -0.1) is 0 Å². The predicted molar refractivity (Wildman–Crippen MR) is 76.5 cm³/mol. The molecular formula is C14H23NS. The van der Waals surface area contributed by atoms with Gasteiger partial charge < -0.3 is 5.32 Å². The number of thioether (sulfide) groups is 1. The van der Waals surface area contributed by atoms with Crippen LogP contribution < -0.4 is 5.32 Å². The molecule has 1 atom stereocenters. The van der Waals surface area contributed by atoms with Crippen LogP contribution in [0.5, 0.6) is 0 Å².